The standard InChI is InChI=1S/C19H24N2O/c1-2-6-17(7-3-1)8-4-10-19-16-21(12-13-22-19)15-18-9-5-11-20-14-18/h1-3,5-7,9,11,14,19H,4,8,10,12-13,15-16H2/t19-/m0/s1. The van der Waals surface area contributed by atoms with Gasteiger partial charge in [-0.3, -0.25) is 9.88 Å². The summed E-state index contributed by atoms with van der Waals surface area (Å²) in [6, 6.07) is 14.9. The number of aryl methyl sites for hydroxylation is 1. The van der Waals surface area contributed by atoms with Crippen LogP contribution in [0.25, 0.3) is 0 Å². The Kier molecular flexibility index (Phi) is 5.57. The maximum atomic E-state index is 5.93. The van der Waals surface area contributed by atoms with E-state index in [4.69, 9.17) is 4.74 Å². The predicted octanol–water partition coefficient (Wildman–Crippen LogP) is 3.31. The summed E-state index contributed by atoms with van der Waals surface area (Å²) in [7, 11) is 0. The number of morpholine rings is 1. The number of ether oxygens (including phenoxy) is 1. The number of nitrogens with zero attached hydrogens (tertiary/aromatic N) is 2. The Balaban J connectivity index is 1.42. The minimum absolute atomic E-state index is 0.370. The number of benzene rings is 1. The molecule has 0 N–H and O–H groups in total. The van der Waals surface area contributed by atoms with Gasteiger partial charge in [-0.2, -0.15) is 0 Å². The van der Waals surface area contributed by atoms with Crippen LogP contribution in [0.1, 0.15) is 24.0 Å². The van der Waals surface area contributed by atoms with Crippen molar-refractivity contribution in [1.82, 2.24) is 9.88 Å². The molecule has 3 rings (SSSR count). The Morgan fingerprint density at radius 2 is 1.95 bits per heavy atom. The van der Waals surface area contributed by atoms with Crippen LogP contribution in [0, 0.1) is 0 Å². The molecule has 1 aliphatic rings. The lowest BCUT2D eigenvalue weighted by atomic mass is 10.0. The Morgan fingerprint density at radius 1 is 1.09 bits per heavy atom. The molecular weight excluding hydrogens is 272 g/mol. The van der Waals surface area contributed by atoms with Crippen molar-refractivity contribution >= 4 is 0 Å². The van der Waals surface area contributed by atoms with E-state index in [-0.39, 0.29) is 0 Å². The average molecular weight is 296 g/mol. The molecule has 0 radical (unpaired) electrons. The zero-order valence-corrected chi connectivity index (χ0v) is 13.0. The smallest absolute Gasteiger partial charge is 0.0702 e. The Morgan fingerprint density at radius 3 is 2.77 bits per heavy atom. The van der Waals surface area contributed by atoms with Crippen molar-refractivity contribution in [3.8, 4) is 0 Å². The number of pyridine rings is 1. The maximum absolute atomic E-state index is 5.93. The zero-order valence-electron chi connectivity index (χ0n) is 13.0. The first-order valence-electron chi connectivity index (χ1n) is 8.17. The zero-order chi connectivity index (χ0) is 15.0. The van der Waals surface area contributed by atoms with Gasteiger partial charge in [0.2, 0.25) is 0 Å². The normalized spacial score (nSPS) is 19.2. The molecular formula is C19H24N2O. The van der Waals surface area contributed by atoms with Gasteiger partial charge >= 0.3 is 0 Å². The molecule has 2 heterocycles. The minimum Gasteiger partial charge on any atom is -0.376 e. The van der Waals surface area contributed by atoms with Crippen molar-refractivity contribution in [1.29, 1.82) is 0 Å². The highest BCUT2D eigenvalue weighted by Crippen LogP contribution is 2.15. The summed E-state index contributed by atoms with van der Waals surface area (Å²) in [5.74, 6) is 0. The molecule has 3 heteroatoms. The molecule has 22 heavy (non-hydrogen) atoms. The quantitative estimate of drug-likeness (QED) is 0.818. The Labute approximate surface area is 132 Å². The number of hydrogen-bond donors (Lipinski definition) is 0. The third-order valence-corrected chi connectivity index (χ3v) is 4.19. The van der Waals surface area contributed by atoms with Crippen LogP contribution in [0.4, 0.5) is 0 Å². The molecule has 0 amide bonds. The summed E-state index contributed by atoms with van der Waals surface area (Å²) in [6.45, 7) is 3.87. The van der Waals surface area contributed by atoms with Gasteiger partial charge in [-0.15, -0.1) is 0 Å². The summed E-state index contributed by atoms with van der Waals surface area (Å²) in [5, 5.41) is 0. The van der Waals surface area contributed by atoms with Crippen molar-refractivity contribution in [2.24, 2.45) is 0 Å². The van der Waals surface area contributed by atoms with Crippen LogP contribution < -0.4 is 0 Å². The van der Waals surface area contributed by atoms with Gasteiger partial charge in [0.1, 0.15) is 0 Å². The highest BCUT2D eigenvalue weighted by molar-refractivity contribution is 5.14. The second kappa shape index (κ2) is 8.06. The first kappa shape index (κ1) is 15.2. The fourth-order valence-electron chi connectivity index (χ4n) is 3.03. The van der Waals surface area contributed by atoms with E-state index in [2.05, 4.69) is 46.3 Å². The van der Waals surface area contributed by atoms with Gasteiger partial charge in [0.15, 0.2) is 0 Å². The van der Waals surface area contributed by atoms with Crippen molar-refractivity contribution in [3.05, 3.63) is 66.0 Å². The van der Waals surface area contributed by atoms with Gasteiger partial charge in [-0.05, 0) is 36.5 Å². The Bertz CT molecular complexity index is 544. The third kappa shape index (κ3) is 4.65. The van der Waals surface area contributed by atoms with Gasteiger partial charge in [0, 0.05) is 32.0 Å². The summed E-state index contributed by atoms with van der Waals surface area (Å²) < 4.78 is 5.93. The molecule has 1 saturated heterocycles. The van der Waals surface area contributed by atoms with E-state index in [1.165, 1.54) is 17.5 Å². The van der Waals surface area contributed by atoms with Crippen LogP contribution in [-0.4, -0.2) is 35.7 Å². The Hall–Kier alpha value is -1.71. The van der Waals surface area contributed by atoms with Crippen molar-refractivity contribution < 1.29 is 4.74 Å². The van der Waals surface area contributed by atoms with Crippen molar-refractivity contribution in [3.63, 3.8) is 0 Å². The first-order valence-corrected chi connectivity index (χ1v) is 8.17. The van der Waals surface area contributed by atoms with Crippen molar-refractivity contribution in [2.45, 2.75) is 31.9 Å². The van der Waals surface area contributed by atoms with E-state index in [1.54, 1.807) is 0 Å². The molecule has 1 fully saturated rings. The highest BCUT2D eigenvalue weighted by Gasteiger charge is 2.20. The summed E-state index contributed by atoms with van der Waals surface area (Å²) in [6.07, 6.45) is 7.63. The van der Waals surface area contributed by atoms with Crippen LogP contribution >= 0.6 is 0 Å². The molecule has 0 spiro atoms. The number of hydrogen-bond acceptors (Lipinski definition) is 3. The van der Waals surface area contributed by atoms with Gasteiger partial charge < -0.3 is 4.74 Å². The second-order valence-electron chi connectivity index (χ2n) is 5.97. The fourth-order valence-corrected chi connectivity index (χ4v) is 3.03. The molecule has 0 aliphatic carbocycles. The third-order valence-electron chi connectivity index (χ3n) is 4.19. The van der Waals surface area contributed by atoms with Gasteiger partial charge in [-0.25, -0.2) is 0 Å². The minimum atomic E-state index is 0.370. The predicted molar refractivity (Wildman–Crippen MR) is 88.6 cm³/mol. The van der Waals surface area contributed by atoms with Crippen LogP contribution in [0.2, 0.25) is 0 Å². The highest BCUT2D eigenvalue weighted by atomic mass is 16.5. The van der Waals surface area contributed by atoms with E-state index in [0.717, 1.165) is 39.1 Å². The molecule has 1 aromatic carbocycles. The number of aromatic nitrogens is 1. The lowest BCUT2D eigenvalue weighted by Crippen LogP contribution is -2.41. The second-order valence-corrected chi connectivity index (χ2v) is 5.97. The van der Waals surface area contributed by atoms with E-state index < -0.39 is 0 Å². The molecule has 0 unspecified atom stereocenters. The topological polar surface area (TPSA) is 25.4 Å². The summed E-state index contributed by atoms with van der Waals surface area (Å²) >= 11 is 0. The molecule has 0 bridgehead atoms. The lowest BCUT2D eigenvalue weighted by Gasteiger charge is -2.33. The molecule has 1 aromatic heterocycles. The molecule has 2 aromatic rings. The largest absolute Gasteiger partial charge is 0.376 e. The lowest BCUT2D eigenvalue weighted by molar-refractivity contribution is -0.0355. The molecule has 116 valence electrons. The summed E-state index contributed by atoms with van der Waals surface area (Å²) in [5.41, 5.74) is 2.71. The van der Waals surface area contributed by atoms with E-state index in [0.29, 0.717) is 6.10 Å². The first-order chi connectivity index (χ1) is 10.9. The molecule has 3 nitrogen and oxygen atoms in total. The maximum Gasteiger partial charge on any atom is 0.0702 e. The van der Waals surface area contributed by atoms with E-state index in [1.807, 2.05) is 18.5 Å². The molecule has 0 saturated carbocycles. The van der Waals surface area contributed by atoms with Crippen molar-refractivity contribution in [2.75, 3.05) is 19.7 Å². The summed E-state index contributed by atoms with van der Waals surface area (Å²) in [4.78, 5) is 6.67. The average Bonchev–Trinajstić information content (AvgIpc) is 2.57. The fraction of sp³-hybridized carbons (Fsp3) is 0.421. The molecule has 1 atom stereocenters. The van der Waals surface area contributed by atoms with E-state index >= 15 is 0 Å². The van der Waals surface area contributed by atoms with Gasteiger partial charge in [-0.1, -0.05) is 36.4 Å². The van der Waals surface area contributed by atoms with Crippen LogP contribution in [-0.2, 0) is 17.7 Å². The number of rotatable bonds is 6. The van der Waals surface area contributed by atoms with Gasteiger partial charge in [0.05, 0.1) is 12.7 Å². The van der Waals surface area contributed by atoms with Crippen LogP contribution in [0.3, 0.4) is 0 Å². The van der Waals surface area contributed by atoms with Crippen LogP contribution in [0.15, 0.2) is 54.9 Å². The SMILES string of the molecule is c1ccc(CCC[C@H]2CN(Cc3cccnc3)CCO2)cc1. The monoisotopic (exact) mass is 296 g/mol. The van der Waals surface area contributed by atoms with Gasteiger partial charge in [0.25, 0.3) is 0 Å². The molecule has 1 aliphatic heterocycles. The van der Waals surface area contributed by atoms with E-state index in [9.17, 15) is 0 Å². The van der Waals surface area contributed by atoms with Crippen LogP contribution in [0.5, 0.6) is 0 Å².